The minimum atomic E-state index is -0.936. The molecule has 0 aromatic rings. The van der Waals surface area contributed by atoms with Crippen LogP contribution in [0.25, 0.3) is 0 Å². The van der Waals surface area contributed by atoms with Crippen LogP contribution in [0.2, 0.25) is 0 Å². The fourth-order valence-electron chi connectivity index (χ4n) is 0.976. The molecular weight excluding hydrogens is 170 g/mol. The van der Waals surface area contributed by atoms with Crippen LogP contribution in [0, 0.1) is 5.41 Å². The predicted octanol–water partition coefficient (Wildman–Crippen LogP) is 4.32. The fourth-order valence-corrected chi connectivity index (χ4v) is 0.976. The average Bonchev–Trinajstić information content (AvgIpc) is 1.98. The summed E-state index contributed by atoms with van der Waals surface area (Å²) in [5, 5.41) is 0. The first-order chi connectivity index (χ1) is 5.78. The van der Waals surface area contributed by atoms with Crippen LogP contribution >= 0.6 is 0 Å². The Balaban J connectivity index is 4.55. The van der Waals surface area contributed by atoms with E-state index in [-0.39, 0.29) is 11.0 Å². The second kappa shape index (κ2) is 4.35. The van der Waals surface area contributed by atoms with Gasteiger partial charge in [-0.1, -0.05) is 33.9 Å². The standard InChI is InChI=1S/C11H16F2/c1-6-9(12)10(13)8(2)7-11(3,4)5/h6H,1-2,7H2,3-5H3/b10-9-. The maximum Gasteiger partial charge on any atom is 0.161 e. The second-order valence-electron chi connectivity index (χ2n) is 4.21. The van der Waals surface area contributed by atoms with Crippen molar-refractivity contribution in [2.24, 2.45) is 5.41 Å². The van der Waals surface area contributed by atoms with Gasteiger partial charge in [-0.05, 0) is 23.5 Å². The van der Waals surface area contributed by atoms with Crippen molar-refractivity contribution in [1.29, 1.82) is 0 Å². The van der Waals surface area contributed by atoms with Crippen LogP contribution in [0.3, 0.4) is 0 Å². The van der Waals surface area contributed by atoms with E-state index in [1.54, 1.807) is 0 Å². The number of rotatable bonds is 3. The third-order valence-corrected chi connectivity index (χ3v) is 1.44. The van der Waals surface area contributed by atoms with Crippen LogP contribution < -0.4 is 0 Å². The first-order valence-corrected chi connectivity index (χ1v) is 4.14. The lowest BCUT2D eigenvalue weighted by Gasteiger charge is -2.18. The van der Waals surface area contributed by atoms with Gasteiger partial charge >= 0.3 is 0 Å². The largest absolute Gasteiger partial charge is 0.204 e. The molecule has 0 atom stereocenters. The first-order valence-electron chi connectivity index (χ1n) is 4.14. The fraction of sp³-hybridized carbons (Fsp3) is 0.455. The zero-order valence-electron chi connectivity index (χ0n) is 8.45. The smallest absolute Gasteiger partial charge is 0.161 e. The van der Waals surface area contributed by atoms with Gasteiger partial charge in [0.1, 0.15) is 0 Å². The maximum atomic E-state index is 13.1. The molecule has 0 radical (unpaired) electrons. The highest BCUT2D eigenvalue weighted by Crippen LogP contribution is 2.29. The van der Waals surface area contributed by atoms with Gasteiger partial charge in [0.15, 0.2) is 11.7 Å². The number of allylic oxidation sites excluding steroid dienone is 4. The van der Waals surface area contributed by atoms with Crippen molar-refractivity contribution in [2.75, 3.05) is 0 Å². The lowest BCUT2D eigenvalue weighted by atomic mass is 9.88. The van der Waals surface area contributed by atoms with Gasteiger partial charge in [-0.15, -0.1) is 0 Å². The molecule has 0 aliphatic carbocycles. The Kier molecular flexibility index (Phi) is 4.05. The Morgan fingerprint density at radius 2 is 1.77 bits per heavy atom. The third kappa shape index (κ3) is 4.61. The van der Waals surface area contributed by atoms with E-state index in [1.165, 1.54) is 0 Å². The molecule has 0 heterocycles. The number of halogens is 2. The molecule has 0 amide bonds. The van der Waals surface area contributed by atoms with Crippen molar-refractivity contribution < 1.29 is 8.78 Å². The highest BCUT2D eigenvalue weighted by atomic mass is 19.2. The van der Waals surface area contributed by atoms with Gasteiger partial charge < -0.3 is 0 Å². The normalized spacial score (nSPS) is 13.6. The summed E-state index contributed by atoms with van der Waals surface area (Å²) in [6, 6.07) is 0. The summed E-state index contributed by atoms with van der Waals surface area (Å²) in [7, 11) is 0. The van der Waals surface area contributed by atoms with Gasteiger partial charge in [-0.2, -0.15) is 0 Å². The van der Waals surface area contributed by atoms with E-state index < -0.39 is 11.7 Å². The highest BCUT2D eigenvalue weighted by molar-refractivity contribution is 5.29. The summed E-state index contributed by atoms with van der Waals surface area (Å²) in [5.41, 5.74) is 0.0977. The first kappa shape index (κ1) is 12.1. The summed E-state index contributed by atoms with van der Waals surface area (Å²) in [5.74, 6) is -1.82. The third-order valence-electron chi connectivity index (χ3n) is 1.44. The average molecular weight is 186 g/mol. The van der Waals surface area contributed by atoms with Crippen molar-refractivity contribution in [3.05, 3.63) is 36.5 Å². The number of hydrogen-bond donors (Lipinski definition) is 0. The number of hydrogen-bond acceptors (Lipinski definition) is 0. The van der Waals surface area contributed by atoms with Crippen molar-refractivity contribution in [1.82, 2.24) is 0 Å². The maximum absolute atomic E-state index is 13.1. The molecule has 74 valence electrons. The second-order valence-corrected chi connectivity index (χ2v) is 4.21. The molecular formula is C11H16F2. The highest BCUT2D eigenvalue weighted by Gasteiger charge is 2.16. The summed E-state index contributed by atoms with van der Waals surface area (Å²) in [6.07, 6.45) is 1.28. The SMILES string of the molecule is C=C/C(F)=C(/F)C(=C)CC(C)(C)C. The monoisotopic (exact) mass is 186 g/mol. The Morgan fingerprint density at radius 3 is 2.08 bits per heavy atom. The van der Waals surface area contributed by atoms with E-state index in [4.69, 9.17) is 0 Å². The summed E-state index contributed by atoms with van der Waals surface area (Å²) in [4.78, 5) is 0. The van der Waals surface area contributed by atoms with E-state index in [0.717, 1.165) is 6.08 Å². The Labute approximate surface area is 78.7 Å². The van der Waals surface area contributed by atoms with Gasteiger partial charge in [0.25, 0.3) is 0 Å². The topological polar surface area (TPSA) is 0 Å². The minimum absolute atomic E-state index is 0.0874. The van der Waals surface area contributed by atoms with Gasteiger partial charge in [0, 0.05) is 0 Å². The molecule has 0 aliphatic heterocycles. The quantitative estimate of drug-likeness (QED) is 0.576. The van der Waals surface area contributed by atoms with Crippen LogP contribution in [0.5, 0.6) is 0 Å². The molecule has 0 aliphatic rings. The zero-order valence-corrected chi connectivity index (χ0v) is 8.45. The molecule has 0 N–H and O–H groups in total. The van der Waals surface area contributed by atoms with Crippen molar-refractivity contribution >= 4 is 0 Å². The summed E-state index contributed by atoms with van der Waals surface area (Å²) in [6.45, 7) is 12.5. The van der Waals surface area contributed by atoms with Crippen molar-refractivity contribution in [3.63, 3.8) is 0 Å². The van der Waals surface area contributed by atoms with E-state index in [1.807, 2.05) is 20.8 Å². The Morgan fingerprint density at radius 1 is 1.31 bits per heavy atom. The molecule has 0 spiro atoms. The molecule has 0 aromatic heterocycles. The molecule has 2 heteroatoms. The van der Waals surface area contributed by atoms with Gasteiger partial charge in [0.2, 0.25) is 0 Å². The van der Waals surface area contributed by atoms with Crippen molar-refractivity contribution in [3.8, 4) is 0 Å². The zero-order chi connectivity index (χ0) is 10.6. The summed E-state index contributed by atoms with van der Waals surface area (Å²) < 4.78 is 25.7. The molecule has 0 unspecified atom stereocenters. The van der Waals surface area contributed by atoms with E-state index >= 15 is 0 Å². The van der Waals surface area contributed by atoms with Gasteiger partial charge in [-0.3, -0.25) is 0 Å². The van der Waals surface area contributed by atoms with Crippen LogP contribution in [0.4, 0.5) is 8.78 Å². The van der Waals surface area contributed by atoms with Gasteiger partial charge in [0.05, 0.1) is 0 Å². The Hall–Kier alpha value is -0.920. The van der Waals surface area contributed by atoms with Crippen LogP contribution in [0.1, 0.15) is 27.2 Å². The molecule has 0 saturated carbocycles. The van der Waals surface area contributed by atoms with E-state index in [2.05, 4.69) is 13.2 Å². The lowest BCUT2D eigenvalue weighted by molar-refractivity contribution is 0.401. The van der Waals surface area contributed by atoms with Crippen LogP contribution in [-0.2, 0) is 0 Å². The van der Waals surface area contributed by atoms with Crippen LogP contribution in [0.15, 0.2) is 36.5 Å². The molecule has 0 aromatic carbocycles. The minimum Gasteiger partial charge on any atom is -0.204 e. The molecule has 0 saturated heterocycles. The molecule has 0 bridgehead atoms. The van der Waals surface area contributed by atoms with E-state index in [0.29, 0.717) is 6.42 Å². The van der Waals surface area contributed by atoms with E-state index in [9.17, 15) is 8.78 Å². The van der Waals surface area contributed by atoms with Crippen molar-refractivity contribution in [2.45, 2.75) is 27.2 Å². The molecule has 0 fully saturated rings. The van der Waals surface area contributed by atoms with Gasteiger partial charge in [-0.25, -0.2) is 8.78 Å². The predicted molar refractivity (Wildman–Crippen MR) is 52.7 cm³/mol. The molecule has 13 heavy (non-hydrogen) atoms. The molecule has 0 rings (SSSR count). The Bertz CT molecular complexity index is 241. The molecule has 0 nitrogen and oxygen atoms in total. The lowest BCUT2D eigenvalue weighted by Crippen LogP contribution is -2.06. The summed E-state index contributed by atoms with van der Waals surface area (Å²) >= 11 is 0. The van der Waals surface area contributed by atoms with Crippen LogP contribution in [-0.4, -0.2) is 0 Å².